The number of pyridine rings is 1. The normalized spacial score (nSPS) is 16.6. The molecule has 2 fully saturated rings. The second-order valence-electron chi connectivity index (χ2n) is 11.1. The molecule has 3 heterocycles. The zero-order valence-electron chi connectivity index (χ0n) is 23.2. The average molecular weight is 576 g/mol. The lowest BCUT2D eigenvalue weighted by molar-refractivity contribution is -0.133. The van der Waals surface area contributed by atoms with Gasteiger partial charge in [-0.1, -0.05) is 23.7 Å². The summed E-state index contributed by atoms with van der Waals surface area (Å²) in [6.07, 6.45) is 4.66. The van der Waals surface area contributed by atoms with Crippen LogP contribution in [-0.2, 0) is 4.79 Å². The molecular weight excluding hydrogens is 542 g/mol. The minimum atomic E-state index is -0.864. The molecule has 214 valence electrons. The maximum atomic E-state index is 13.0. The van der Waals surface area contributed by atoms with Gasteiger partial charge in [0.2, 0.25) is 5.91 Å². The molecule has 41 heavy (non-hydrogen) atoms. The van der Waals surface area contributed by atoms with E-state index in [2.05, 4.69) is 27.4 Å². The summed E-state index contributed by atoms with van der Waals surface area (Å²) in [7, 11) is 1.54. The van der Waals surface area contributed by atoms with E-state index in [1.54, 1.807) is 30.5 Å². The fourth-order valence-electron chi connectivity index (χ4n) is 5.77. The van der Waals surface area contributed by atoms with Gasteiger partial charge in [-0.2, -0.15) is 0 Å². The molecule has 2 aromatic heterocycles. The van der Waals surface area contributed by atoms with Crippen LogP contribution < -0.4 is 15.6 Å². The van der Waals surface area contributed by atoms with E-state index in [4.69, 9.17) is 21.3 Å². The van der Waals surface area contributed by atoms with Crippen molar-refractivity contribution in [2.75, 3.05) is 32.1 Å². The lowest BCUT2D eigenvalue weighted by atomic mass is 9.88. The average Bonchev–Trinajstić information content (AvgIpc) is 3.74. The Morgan fingerprint density at radius 1 is 1.20 bits per heavy atom. The van der Waals surface area contributed by atoms with Crippen molar-refractivity contribution in [2.24, 2.45) is 5.92 Å². The molecule has 10 heteroatoms. The zero-order valence-corrected chi connectivity index (χ0v) is 23.9. The van der Waals surface area contributed by atoms with Crippen LogP contribution in [0.15, 0.2) is 47.4 Å². The van der Waals surface area contributed by atoms with E-state index in [0.717, 1.165) is 55.4 Å². The number of rotatable bonds is 8. The molecule has 1 amide bonds. The van der Waals surface area contributed by atoms with Gasteiger partial charge in [-0.15, -0.1) is 0 Å². The number of likely N-dealkylation sites (tertiary alicyclic amines) is 1. The van der Waals surface area contributed by atoms with Crippen molar-refractivity contribution in [3.8, 4) is 17.1 Å². The summed E-state index contributed by atoms with van der Waals surface area (Å²) in [5.41, 5.74) is 5.20. The van der Waals surface area contributed by atoms with Crippen LogP contribution in [0.25, 0.3) is 22.4 Å². The second-order valence-corrected chi connectivity index (χ2v) is 11.5. The Balaban J connectivity index is 1.22. The van der Waals surface area contributed by atoms with E-state index < -0.39 is 6.10 Å². The summed E-state index contributed by atoms with van der Waals surface area (Å²) in [6.45, 7) is 3.79. The van der Waals surface area contributed by atoms with E-state index >= 15 is 0 Å². The molecule has 2 aromatic carbocycles. The summed E-state index contributed by atoms with van der Waals surface area (Å²) in [4.78, 5) is 38.4. The number of halogens is 1. The van der Waals surface area contributed by atoms with Crippen molar-refractivity contribution in [1.29, 1.82) is 0 Å². The van der Waals surface area contributed by atoms with E-state index in [1.807, 2.05) is 11.8 Å². The monoisotopic (exact) mass is 575 g/mol. The molecule has 4 N–H and O–H groups in total. The smallest absolute Gasteiger partial charge is 0.261 e. The summed E-state index contributed by atoms with van der Waals surface area (Å²) >= 11 is 6.23. The zero-order chi connectivity index (χ0) is 28.7. The molecule has 4 aromatic rings. The van der Waals surface area contributed by atoms with Gasteiger partial charge in [-0.25, -0.2) is 4.98 Å². The van der Waals surface area contributed by atoms with Crippen LogP contribution >= 0.6 is 11.6 Å². The van der Waals surface area contributed by atoms with Crippen LogP contribution in [0.4, 0.5) is 5.69 Å². The number of ether oxygens (including phenoxy) is 1. The third-order valence-electron chi connectivity index (χ3n) is 8.25. The molecule has 0 spiro atoms. The summed E-state index contributed by atoms with van der Waals surface area (Å²) in [6, 6.07) is 11.2. The van der Waals surface area contributed by atoms with Crippen molar-refractivity contribution in [3.63, 3.8) is 0 Å². The van der Waals surface area contributed by atoms with E-state index in [1.165, 1.54) is 12.7 Å². The van der Waals surface area contributed by atoms with Crippen LogP contribution in [0.3, 0.4) is 0 Å². The fourth-order valence-corrected chi connectivity index (χ4v) is 6.04. The number of H-pyrrole nitrogens is 2. The van der Waals surface area contributed by atoms with Crippen LogP contribution in [0, 0.1) is 12.8 Å². The van der Waals surface area contributed by atoms with Crippen LogP contribution in [0.2, 0.25) is 5.02 Å². The molecule has 1 saturated carbocycles. The number of aryl methyl sites for hydroxylation is 1. The number of methoxy groups -OCH3 is 1. The Morgan fingerprint density at radius 2 is 1.98 bits per heavy atom. The van der Waals surface area contributed by atoms with Gasteiger partial charge in [0.1, 0.15) is 17.1 Å². The predicted molar refractivity (Wildman–Crippen MR) is 160 cm³/mol. The first-order valence-electron chi connectivity index (χ1n) is 14.1. The number of aromatic amines is 2. The van der Waals surface area contributed by atoms with Crippen molar-refractivity contribution in [1.82, 2.24) is 19.9 Å². The van der Waals surface area contributed by atoms with Crippen molar-refractivity contribution < 1.29 is 14.6 Å². The van der Waals surface area contributed by atoms with Gasteiger partial charge in [0.15, 0.2) is 0 Å². The molecule has 9 nitrogen and oxygen atoms in total. The minimum Gasteiger partial charge on any atom is -0.495 e. The highest BCUT2D eigenvalue weighted by atomic mass is 35.5. The van der Waals surface area contributed by atoms with E-state index in [0.29, 0.717) is 45.2 Å². The van der Waals surface area contributed by atoms with Gasteiger partial charge in [0.25, 0.3) is 5.56 Å². The van der Waals surface area contributed by atoms with Gasteiger partial charge in [0, 0.05) is 31.7 Å². The number of carbonyl (C=O) groups is 1. The highest BCUT2D eigenvalue weighted by molar-refractivity contribution is 6.32. The molecule has 0 radical (unpaired) electrons. The first-order chi connectivity index (χ1) is 19.8. The van der Waals surface area contributed by atoms with E-state index in [-0.39, 0.29) is 18.0 Å². The largest absolute Gasteiger partial charge is 0.495 e. The topological polar surface area (TPSA) is 123 Å². The number of aliphatic hydroxyl groups excluding tert-OH is 1. The first kappa shape index (κ1) is 27.4. The van der Waals surface area contributed by atoms with Crippen LogP contribution in [0.5, 0.6) is 5.75 Å². The number of aliphatic hydroxyl groups is 1. The molecule has 1 atom stereocenters. The lowest BCUT2D eigenvalue weighted by Gasteiger charge is -2.32. The third kappa shape index (κ3) is 5.56. The minimum absolute atomic E-state index is 0.157. The fraction of sp³-hybridized carbons (Fsp3) is 0.387. The molecular formula is C31H34ClN5O4. The molecule has 2 aliphatic rings. The predicted octanol–water partition coefficient (Wildman–Crippen LogP) is 5.15. The number of fused-ring (bicyclic) bond motifs is 1. The standard InChI is InChI=1S/C31H34ClN5O4/c1-17-13-21(18-8-11-37(12-9-18)31(40)19-3-4-19)15-24-28(17)36-29(35-24)27-23(7-10-33-30(27)39)34-16-25(38)20-5-6-26(41-2)22(32)14-20/h5-7,10,13-15,18-19,25,38H,3-4,8-9,11-12,16H2,1-2H3,(H,35,36)(H2,33,34,39)/t25-/m1/s1. The Kier molecular flexibility index (Phi) is 7.48. The Labute approximate surface area is 242 Å². The number of carbonyl (C=O) groups excluding carboxylic acids is 1. The number of hydrogen-bond acceptors (Lipinski definition) is 6. The number of nitrogens with zero attached hydrogens (tertiary/aromatic N) is 2. The Morgan fingerprint density at radius 3 is 2.68 bits per heavy atom. The molecule has 0 unspecified atom stereocenters. The number of benzene rings is 2. The number of anilines is 1. The van der Waals surface area contributed by atoms with Crippen molar-refractivity contribution >= 4 is 34.2 Å². The number of imidazole rings is 1. The van der Waals surface area contributed by atoms with Crippen molar-refractivity contribution in [2.45, 2.75) is 44.6 Å². The molecule has 1 saturated heterocycles. The number of nitrogens with one attached hydrogen (secondary N) is 3. The van der Waals surface area contributed by atoms with Gasteiger partial charge >= 0.3 is 0 Å². The van der Waals surface area contributed by atoms with Gasteiger partial charge in [-0.3, -0.25) is 9.59 Å². The highest BCUT2D eigenvalue weighted by Crippen LogP contribution is 2.36. The number of amides is 1. The Hall–Kier alpha value is -3.82. The number of aromatic nitrogens is 3. The summed E-state index contributed by atoms with van der Waals surface area (Å²) < 4.78 is 5.19. The third-order valence-corrected chi connectivity index (χ3v) is 8.54. The van der Waals surface area contributed by atoms with Crippen LogP contribution in [0.1, 0.15) is 54.4 Å². The van der Waals surface area contributed by atoms with Gasteiger partial charge < -0.3 is 30.0 Å². The maximum Gasteiger partial charge on any atom is 0.261 e. The van der Waals surface area contributed by atoms with E-state index in [9.17, 15) is 14.7 Å². The molecule has 6 rings (SSSR count). The SMILES string of the molecule is COc1ccc([C@H](O)CNc2cc[nH]c(=O)c2-c2nc3c(C)cc(C4CCN(C(=O)C5CC5)CC4)cc3[nH]2)cc1Cl. The van der Waals surface area contributed by atoms with Gasteiger partial charge in [0.05, 0.1) is 35.0 Å². The van der Waals surface area contributed by atoms with Crippen molar-refractivity contribution in [3.05, 3.63) is 74.7 Å². The molecule has 1 aliphatic heterocycles. The first-order valence-corrected chi connectivity index (χ1v) is 14.5. The Bertz CT molecular complexity index is 1650. The summed E-state index contributed by atoms with van der Waals surface area (Å²) in [5, 5.41) is 14.4. The maximum absolute atomic E-state index is 13.0. The number of hydrogen-bond donors (Lipinski definition) is 4. The second kappa shape index (κ2) is 11.2. The molecule has 1 aliphatic carbocycles. The quantitative estimate of drug-likeness (QED) is 0.230. The number of piperidine rings is 1. The summed E-state index contributed by atoms with van der Waals surface area (Å²) in [5.74, 6) is 1.95. The van der Waals surface area contributed by atoms with Gasteiger partial charge in [-0.05, 0) is 79.5 Å². The lowest BCUT2D eigenvalue weighted by Crippen LogP contribution is -2.38. The van der Waals surface area contributed by atoms with Crippen LogP contribution in [-0.4, -0.2) is 57.6 Å². The highest BCUT2D eigenvalue weighted by Gasteiger charge is 2.35. The molecule has 0 bridgehead atoms.